The molecule has 0 fully saturated rings. The maximum atomic E-state index is 14.6. The number of aliphatic carboxylic acids is 1. The van der Waals surface area contributed by atoms with Crippen LogP contribution in [0.5, 0.6) is 5.75 Å². The van der Waals surface area contributed by atoms with E-state index in [1.54, 1.807) is 0 Å². The van der Waals surface area contributed by atoms with Crippen molar-refractivity contribution in [3.63, 3.8) is 0 Å². The number of ether oxygens (including phenoxy) is 1. The van der Waals surface area contributed by atoms with Crippen molar-refractivity contribution in [2.45, 2.75) is 36.2 Å². The zero-order chi connectivity index (χ0) is 28.8. The third-order valence-corrected chi connectivity index (χ3v) is 7.70. The van der Waals surface area contributed by atoms with Crippen molar-refractivity contribution in [1.82, 2.24) is 0 Å². The van der Waals surface area contributed by atoms with Crippen molar-refractivity contribution in [2.24, 2.45) is 0 Å². The number of carboxylic acids is 1. The standard InChI is InChI=1S/C25H18F7NO5S/c26-20-7-5-16(25(30,31)32)12-19(20)14-4-8-22-21(10-14)33(13-17(38-22)6-9-23(34)35)39(36,37)18-3-1-2-15(11-18)24(27,28)29/h1-5,7-8,10-12,17H,6,9,13H2,(H,34,35)/t17-/m0/s1. The smallest absolute Gasteiger partial charge is 0.416 e. The Morgan fingerprint density at radius 1 is 0.949 bits per heavy atom. The molecule has 0 unspecified atom stereocenters. The molecule has 0 radical (unpaired) electrons. The minimum Gasteiger partial charge on any atom is -0.486 e. The van der Waals surface area contributed by atoms with Crippen LogP contribution < -0.4 is 9.04 Å². The first-order valence-corrected chi connectivity index (χ1v) is 12.6. The monoisotopic (exact) mass is 577 g/mol. The van der Waals surface area contributed by atoms with Gasteiger partial charge in [-0.15, -0.1) is 0 Å². The number of hydrogen-bond donors (Lipinski definition) is 1. The molecule has 0 aromatic heterocycles. The Kier molecular flexibility index (Phi) is 7.27. The molecule has 3 aromatic rings. The number of anilines is 1. The maximum absolute atomic E-state index is 14.6. The summed E-state index contributed by atoms with van der Waals surface area (Å²) in [4.78, 5) is 10.3. The van der Waals surface area contributed by atoms with Crippen LogP contribution in [-0.2, 0) is 27.2 Å². The number of carboxylic acid groups (broad SMARTS) is 1. The van der Waals surface area contributed by atoms with Crippen molar-refractivity contribution < 1.29 is 53.8 Å². The molecule has 0 saturated carbocycles. The third-order valence-electron chi connectivity index (χ3n) is 5.92. The van der Waals surface area contributed by atoms with Crippen LogP contribution in [0.4, 0.5) is 36.4 Å². The predicted octanol–water partition coefficient (Wildman–Crippen LogP) is 6.35. The molecule has 1 aliphatic heterocycles. The average molecular weight is 577 g/mol. The molecule has 1 aliphatic rings. The van der Waals surface area contributed by atoms with Crippen molar-refractivity contribution >= 4 is 21.7 Å². The lowest BCUT2D eigenvalue weighted by atomic mass is 10.0. The van der Waals surface area contributed by atoms with Gasteiger partial charge in [0.1, 0.15) is 17.7 Å². The fourth-order valence-electron chi connectivity index (χ4n) is 4.02. The Hall–Kier alpha value is -3.81. The number of alkyl halides is 6. The molecule has 1 heterocycles. The number of hydrogen-bond acceptors (Lipinski definition) is 4. The third kappa shape index (κ3) is 5.95. The summed E-state index contributed by atoms with van der Waals surface area (Å²) in [7, 11) is -4.74. The molecule has 4 rings (SSSR count). The minimum absolute atomic E-state index is 0.136. The van der Waals surface area contributed by atoms with Crippen molar-refractivity contribution in [3.8, 4) is 16.9 Å². The minimum atomic E-state index is -4.85. The molecular formula is C25H18F7NO5S. The van der Waals surface area contributed by atoms with Gasteiger partial charge in [-0.2, -0.15) is 26.3 Å². The van der Waals surface area contributed by atoms with Gasteiger partial charge >= 0.3 is 18.3 Å². The number of benzene rings is 3. The molecule has 0 spiro atoms. The number of sulfonamides is 1. The topological polar surface area (TPSA) is 83.9 Å². The normalized spacial score (nSPS) is 16.0. The van der Waals surface area contributed by atoms with Gasteiger partial charge in [0.2, 0.25) is 0 Å². The summed E-state index contributed by atoms with van der Waals surface area (Å²) in [5.41, 5.74) is -3.33. The first kappa shape index (κ1) is 28.2. The average Bonchev–Trinajstić information content (AvgIpc) is 2.85. The van der Waals surface area contributed by atoms with E-state index >= 15 is 0 Å². The second-order valence-electron chi connectivity index (χ2n) is 8.61. The molecule has 0 aliphatic carbocycles. The van der Waals surface area contributed by atoms with Gasteiger partial charge in [-0.05, 0) is 60.5 Å². The first-order chi connectivity index (χ1) is 18.1. The summed E-state index contributed by atoms with van der Waals surface area (Å²) in [6, 6.07) is 8.02. The number of carbonyl (C=O) groups is 1. The predicted molar refractivity (Wildman–Crippen MR) is 124 cm³/mol. The van der Waals surface area contributed by atoms with Crippen LogP contribution in [0.1, 0.15) is 24.0 Å². The van der Waals surface area contributed by atoms with Gasteiger partial charge in [0.25, 0.3) is 10.0 Å². The Labute approximate surface area is 217 Å². The van der Waals surface area contributed by atoms with Crippen molar-refractivity contribution in [2.75, 3.05) is 10.8 Å². The molecule has 3 aromatic carbocycles. The van der Waals surface area contributed by atoms with Gasteiger partial charge in [0, 0.05) is 12.0 Å². The van der Waals surface area contributed by atoms with E-state index in [0.717, 1.165) is 18.2 Å². The molecule has 0 saturated heterocycles. The van der Waals surface area contributed by atoms with Gasteiger partial charge in [-0.3, -0.25) is 9.10 Å². The van der Waals surface area contributed by atoms with Crippen molar-refractivity contribution in [3.05, 3.63) is 77.6 Å². The van der Waals surface area contributed by atoms with Crippen LogP contribution in [0.25, 0.3) is 11.1 Å². The zero-order valence-electron chi connectivity index (χ0n) is 19.6. The lowest BCUT2D eigenvalue weighted by Crippen LogP contribution is -2.43. The van der Waals surface area contributed by atoms with E-state index in [1.165, 1.54) is 12.1 Å². The molecule has 1 atom stereocenters. The van der Waals surface area contributed by atoms with E-state index in [0.29, 0.717) is 34.6 Å². The van der Waals surface area contributed by atoms with Crippen LogP contribution in [0.15, 0.2) is 65.6 Å². The number of halogens is 7. The fourth-order valence-corrected chi connectivity index (χ4v) is 5.57. The first-order valence-electron chi connectivity index (χ1n) is 11.2. The molecular weight excluding hydrogens is 559 g/mol. The van der Waals surface area contributed by atoms with Crippen LogP contribution in [0.3, 0.4) is 0 Å². The van der Waals surface area contributed by atoms with Gasteiger partial charge in [0.05, 0.1) is 28.3 Å². The van der Waals surface area contributed by atoms with Crippen LogP contribution in [-0.4, -0.2) is 32.1 Å². The lowest BCUT2D eigenvalue weighted by Gasteiger charge is -2.36. The van der Waals surface area contributed by atoms with Gasteiger partial charge in [-0.1, -0.05) is 12.1 Å². The number of fused-ring (bicyclic) bond motifs is 1. The van der Waals surface area contributed by atoms with Crippen molar-refractivity contribution in [1.29, 1.82) is 0 Å². The molecule has 0 bridgehead atoms. The highest BCUT2D eigenvalue weighted by Crippen LogP contribution is 2.42. The largest absolute Gasteiger partial charge is 0.486 e. The quantitative estimate of drug-likeness (QED) is 0.345. The fraction of sp³-hybridized carbons (Fsp3) is 0.240. The van der Waals surface area contributed by atoms with E-state index in [9.17, 15) is 43.9 Å². The number of rotatable bonds is 6. The molecule has 14 heteroatoms. The number of nitrogens with zero attached hydrogens (tertiary/aromatic N) is 1. The van der Waals surface area contributed by atoms with Crippen LogP contribution >= 0.6 is 0 Å². The highest BCUT2D eigenvalue weighted by atomic mass is 32.2. The molecule has 1 N–H and O–H groups in total. The zero-order valence-corrected chi connectivity index (χ0v) is 20.4. The maximum Gasteiger partial charge on any atom is 0.416 e. The SMILES string of the molecule is O=C(O)CC[C@H]1CN(S(=O)(=O)c2cccc(C(F)(F)F)c2)c2cc(-c3cc(C(F)(F)F)ccc3F)ccc2O1. The van der Waals surface area contributed by atoms with Gasteiger partial charge < -0.3 is 9.84 Å². The second kappa shape index (κ2) is 10.1. The summed E-state index contributed by atoms with van der Waals surface area (Å²) < 4.78 is 128. The molecule has 6 nitrogen and oxygen atoms in total. The molecule has 39 heavy (non-hydrogen) atoms. The highest BCUT2D eigenvalue weighted by Gasteiger charge is 2.38. The summed E-state index contributed by atoms with van der Waals surface area (Å²) in [5.74, 6) is -2.37. The summed E-state index contributed by atoms with van der Waals surface area (Å²) in [6.45, 7) is -0.520. The Balaban J connectivity index is 1.85. The Morgan fingerprint density at radius 2 is 1.62 bits per heavy atom. The van der Waals surface area contributed by atoms with Crippen LogP contribution in [0, 0.1) is 5.82 Å². The van der Waals surface area contributed by atoms with Gasteiger partial charge in [-0.25, -0.2) is 12.8 Å². The van der Waals surface area contributed by atoms with Gasteiger partial charge in [0.15, 0.2) is 0 Å². The summed E-state index contributed by atoms with van der Waals surface area (Å²) >= 11 is 0. The van der Waals surface area contributed by atoms with E-state index in [4.69, 9.17) is 9.84 Å². The molecule has 0 amide bonds. The van der Waals surface area contributed by atoms with E-state index in [2.05, 4.69) is 0 Å². The second-order valence-corrected chi connectivity index (χ2v) is 10.5. The lowest BCUT2D eigenvalue weighted by molar-refractivity contribution is -0.138. The van der Waals surface area contributed by atoms with Crippen LogP contribution in [0.2, 0.25) is 0 Å². The highest BCUT2D eigenvalue weighted by molar-refractivity contribution is 7.92. The molecule has 208 valence electrons. The van der Waals surface area contributed by atoms with E-state index in [1.807, 2.05) is 0 Å². The Morgan fingerprint density at radius 3 is 2.26 bits per heavy atom. The van der Waals surface area contributed by atoms with E-state index in [-0.39, 0.29) is 23.4 Å². The Bertz CT molecular complexity index is 1520. The van der Waals surface area contributed by atoms with E-state index < -0.39 is 74.8 Å². The summed E-state index contributed by atoms with van der Waals surface area (Å²) in [5, 5.41) is 9.01. The summed E-state index contributed by atoms with van der Waals surface area (Å²) in [6.07, 6.45) is -11.2.